The minimum atomic E-state index is -0.379. The summed E-state index contributed by atoms with van der Waals surface area (Å²) >= 11 is 9.01. The summed E-state index contributed by atoms with van der Waals surface area (Å²) in [6.07, 6.45) is 0. The summed E-state index contributed by atoms with van der Waals surface area (Å²) in [7, 11) is 1.54. The minimum Gasteiger partial charge on any atom is -0.495 e. The maximum atomic E-state index is 12.0. The van der Waals surface area contributed by atoms with Gasteiger partial charge in [0.05, 0.1) is 12.8 Å². The summed E-state index contributed by atoms with van der Waals surface area (Å²) in [5.74, 6) is 0.336. The smallest absolute Gasteiger partial charge is 0.291 e. The van der Waals surface area contributed by atoms with E-state index in [1.165, 1.54) is 12.1 Å². The molecule has 1 N–H and O–H groups in total. The first-order chi connectivity index (χ1) is 9.01. The van der Waals surface area contributed by atoms with Crippen LogP contribution in [0.25, 0.3) is 0 Å². The van der Waals surface area contributed by atoms with E-state index in [9.17, 15) is 4.79 Å². The molecule has 4 nitrogen and oxygen atoms in total. The number of amides is 1. The van der Waals surface area contributed by atoms with Crippen LogP contribution >= 0.6 is 27.5 Å². The van der Waals surface area contributed by atoms with E-state index in [1.807, 2.05) is 13.0 Å². The predicted octanol–water partition coefficient (Wildman–Crippen LogP) is 4.26. The molecule has 2 rings (SSSR count). The monoisotopic (exact) mass is 343 g/mol. The summed E-state index contributed by atoms with van der Waals surface area (Å²) in [4.78, 5) is 12.0. The SMILES string of the molecule is COc1cc(Br)cc(C)c1NC(=O)c1ccc(Cl)o1. The highest BCUT2D eigenvalue weighted by Crippen LogP contribution is 2.32. The highest BCUT2D eigenvalue weighted by Gasteiger charge is 2.15. The molecule has 2 aromatic rings. The van der Waals surface area contributed by atoms with Gasteiger partial charge in [0.15, 0.2) is 11.0 Å². The van der Waals surface area contributed by atoms with Gasteiger partial charge >= 0.3 is 0 Å². The molecule has 0 saturated heterocycles. The van der Waals surface area contributed by atoms with Gasteiger partial charge in [-0.3, -0.25) is 4.79 Å². The van der Waals surface area contributed by atoms with Crippen LogP contribution in [0.2, 0.25) is 5.22 Å². The van der Waals surface area contributed by atoms with Gasteiger partial charge < -0.3 is 14.5 Å². The first-order valence-electron chi connectivity index (χ1n) is 5.42. The zero-order chi connectivity index (χ0) is 14.0. The van der Waals surface area contributed by atoms with Gasteiger partial charge in [0.2, 0.25) is 0 Å². The largest absolute Gasteiger partial charge is 0.495 e. The number of carbonyl (C=O) groups is 1. The molecule has 1 heterocycles. The molecule has 0 radical (unpaired) electrons. The van der Waals surface area contributed by atoms with Crippen LogP contribution < -0.4 is 10.1 Å². The van der Waals surface area contributed by atoms with Crippen molar-refractivity contribution in [3.8, 4) is 5.75 Å². The van der Waals surface area contributed by atoms with Gasteiger partial charge in [-0.25, -0.2) is 0 Å². The van der Waals surface area contributed by atoms with E-state index in [4.69, 9.17) is 20.8 Å². The third-order valence-electron chi connectivity index (χ3n) is 2.52. The first-order valence-corrected chi connectivity index (χ1v) is 6.59. The molecular weight excluding hydrogens is 334 g/mol. The lowest BCUT2D eigenvalue weighted by atomic mass is 10.2. The molecule has 0 aliphatic heterocycles. The van der Waals surface area contributed by atoms with E-state index in [0.29, 0.717) is 11.4 Å². The first kappa shape index (κ1) is 14.0. The van der Waals surface area contributed by atoms with E-state index >= 15 is 0 Å². The van der Waals surface area contributed by atoms with Crippen LogP contribution in [0.3, 0.4) is 0 Å². The van der Waals surface area contributed by atoms with E-state index in [2.05, 4.69) is 21.2 Å². The normalized spacial score (nSPS) is 10.3. The number of furan rings is 1. The Kier molecular flexibility index (Phi) is 4.17. The molecule has 1 aromatic carbocycles. The highest BCUT2D eigenvalue weighted by molar-refractivity contribution is 9.10. The van der Waals surface area contributed by atoms with Gasteiger partial charge in [-0.15, -0.1) is 0 Å². The zero-order valence-electron chi connectivity index (χ0n) is 10.3. The van der Waals surface area contributed by atoms with E-state index in [-0.39, 0.29) is 16.9 Å². The molecule has 0 fully saturated rings. The van der Waals surface area contributed by atoms with Crippen LogP contribution in [0.15, 0.2) is 33.2 Å². The maximum absolute atomic E-state index is 12.0. The molecule has 0 unspecified atom stereocenters. The summed E-state index contributed by atoms with van der Waals surface area (Å²) in [5.41, 5.74) is 1.47. The van der Waals surface area contributed by atoms with Crippen molar-refractivity contribution in [2.75, 3.05) is 12.4 Å². The van der Waals surface area contributed by atoms with E-state index in [0.717, 1.165) is 10.0 Å². The van der Waals surface area contributed by atoms with Gasteiger partial charge in [0.1, 0.15) is 5.75 Å². The molecule has 1 aromatic heterocycles. The number of halogens is 2. The Morgan fingerprint density at radius 1 is 1.42 bits per heavy atom. The Morgan fingerprint density at radius 2 is 2.16 bits per heavy atom. The van der Waals surface area contributed by atoms with Crippen LogP contribution in [-0.4, -0.2) is 13.0 Å². The van der Waals surface area contributed by atoms with Gasteiger partial charge in [-0.1, -0.05) is 15.9 Å². The fourth-order valence-corrected chi connectivity index (χ4v) is 2.34. The Labute approximate surface area is 123 Å². The number of hydrogen-bond donors (Lipinski definition) is 1. The maximum Gasteiger partial charge on any atom is 0.291 e. The standard InChI is InChI=1S/C13H11BrClNO3/c1-7-5-8(14)6-10(18-2)12(7)16-13(17)9-3-4-11(15)19-9/h3-6H,1-2H3,(H,16,17). The zero-order valence-corrected chi connectivity index (χ0v) is 12.6. The van der Waals surface area contributed by atoms with Gasteiger partial charge in [0, 0.05) is 4.47 Å². The third kappa shape index (κ3) is 3.11. The lowest BCUT2D eigenvalue weighted by molar-refractivity contribution is 0.0996. The van der Waals surface area contributed by atoms with Gasteiger partial charge in [-0.05, 0) is 48.4 Å². The van der Waals surface area contributed by atoms with Gasteiger partial charge in [-0.2, -0.15) is 0 Å². The number of hydrogen-bond acceptors (Lipinski definition) is 3. The average Bonchev–Trinajstić information content (AvgIpc) is 2.78. The molecule has 0 saturated carbocycles. The molecule has 6 heteroatoms. The van der Waals surface area contributed by atoms with Crippen LogP contribution in [-0.2, 0) is 0 Å². The number of ether oxygens (including phenoxy) is 1. The highest BCUT2D eigenvalue weighted by atomic mass is 79.9. The lowest BCUT2D eigenvalue weighted by Crippen LogP contribution is -2.12. The second-order valence-electron chi connectivity index (χ2n) is 3.86. The number of methoxy groups -OCH3 is 1. The molecular formula is C13H11BrClNO3. The van der Waals surface area contributed by atoms with E-state index in [1.54, 1.807) is 13.2 Å². The van der Waals surface area contributed by atoms with Crippen LogP contribution in [0, 0.1) is 6.92 Å². The van der Waals surface area contributed by atoms with Crippen molar-refractivity contribution in [2.45, 2.75) is 6.92 Å². The number of aryl methyl sites for hydroxylation is 1. The molecule has 100 valence electrons. The number of carbonyl (C=O) groups excluding carboxylic acids is 1. The Morgan fingerprint density at radius 3 is 2.74 bits per heavy atom. The second kappa shape index (κ2) is 5.67. The van der Waals surface area contributed by atoms with Crippen molar-refractivity contribution in [2.24, 2.45) is 0 Å². The van der Waals surface area contributed by atoms with Crippen molar-refractivity contribution in [3.63, 3.8) is 0 Å². The summed E-state index contributed by atoms with van der Waals surface area (Å²) in [6.45, 7) is 1.87. The van der Waals surface area contributed by atoms with Crippen LogP contribution in [0.4, 0.5) is 5.69 Å². The third-order valence-corrected chi connectivity index (χ3v) is 3.18. The van der Waals surface area contributed by atoms with E-state index < -0.39 is 0 Å². The average molecular weight is 345 g/mol. The molecule has 0 aliphatic rings. The van der Waals surface area contributed by atoms with Crippen molar-refractivity contribution >= 4 is 39.1 Å². The summed E-state index contributed by atoms with van der Waals surface area (Å²) < 4.78 is 11.2. The fraction of sp³-hybridized carbons (Fsp3) is 0.154. The Hall–Kier alpha value is -1.46. The minimum absolute atomic E-state index is 0.148. The molecule has 0 spiro atoms. The summed E-state index contributed by atoms with van der Waals surface area (Å²) in [6, 6.07) is 6.69. The number of rotatable bonds is 3. The molecule has 1 amide bonds. The fourth-order valence-electron chi connectivity index (χ4n) is 1.65. The quantitative estimate of drug-likeness (QED) is 0.905. The lowest BCUT2D eigenvalue weighted by Gasteiger charge is -2.12. The molecule has 19 heavy (non-hydrogen) atoms. The predicted molar refractivity (Wildman–Crippen MR) is 77.1 cm³/mol. The molecule has 0 atom stereocenters. The van der Waals surface area contributed by atoms with Crippen molar-refractivity contribution in [3.05, 3.63) is 45.3 Å². The molecule has 0 bridgehead atoms. The summed E-state index contributed by atoms with van der Waals surface area (Å²) in [5, 5.41) is 2.92. The van der Waals surface area contributed by atoms with Crippen molar-refractivity contribution in [1.82, 2.24) is 0 Å². The number of anilines is 1. The van der Waals surface area contributed by atoms with Crippen molar-refractivity contribution in [1.29, 1.82) is 0 Å². The second-order valence-corrected chi connectivity index (χ2v) is 5.15. The Balaban J connectivity index is 2.31. The number of nitrogens with one attached hydrogen (secondary N) is 1. The van der Waals surface area contributed by atoms with Crippen LogP contribution in [0.1, 0.15) is 16.1 Å². The van der Waals surface area contributed by atoms with Gasteiger partial charge in [0.25, 0.3) is 5.91 Å². The Bertz CT molecular complexity index is 624. The number of benzene rings is 1. The van der Waals surface area contributed by atoms with Crippen LogP contribution in [0.5, 0.6) is 5.75 Å². The molecule has 0 aliphatic carbocycles. The van der Waals surface area contributed by atoms with Crippen molar-refractivity contribution < 1.29 is 13.9 Å². The topological polar surface area (TPSA) is 51.5 Å².